The van der Waals surface area contributed by atoms with E-state index in [4.69, 9.17) is 21.1 Å². The molecule has 2 aromatic heterocycles. The molecule has 1 N–H and O–H groups in total. The van der Waals surface area contributed by atoms with Crippen LogP contribution in [-0.2, 0) is 12.6 Å². The van der Waals surface area contributed by atoms with Crippen LogP contribution in [0, 0.1) is 0 Å². The molecular weight excluding hydrogens is 485 g/mol. The van der Waals surface area contributed by atoms with E-state index in [0.717, 1.165) is 11.6 Å². The highest BCUT2D eigenvalue weighted by Gasteiger charge is 2.36. The molecule has 0 aliphatic carbocycles. The van der Waals surface area contributed by atoms with E-state index in [1.54, 1.807) is 12.1 Å². The van der Waals surface area contributed by atoms with Gasteiger partial charge >= 0.3 is 6.18 Å². The second-order valence-electron chi connectivity index (χ2n) is 7.48. The molecule has 0 unspecified atom stereocenters. The van der Waals surface area contributed by atoms with Crippen molar-refractivity contribution >= 4 is 23.2 Å². The Morgan fingerprint density at radius 3 is 2.43 bits per heavy atom. The molecular formula is C24H20ClF3N4O3. The topological polar surface area (TPSA) is 77.8 Å². The number of benzene rings is 2. The maximum atomic E-state index is 13.9. The minimum Gasteiger partial charge on any atom is -0.493 e. The van der Waals surface area contributed by atoms with Crippen LogP contribution in [0.3, 0.4) is 0 Å². The molecule has 35 heavy (non-hydrogen) atoms. The third-order valence-corrected chi connectivity index (χ3v) is 5.61. The molecule has 1 amide bonds. The Labute approximate surface area is 203 Å². The van der Waals surface area contributed by atoms with Crippen molar-refractivity contribution in [2.75, 3.05) is 20.8 Å². The molecule has 0 bridgehead atoms. The number of ether oxygens (including phenoxy) is 2. The third-order valence-electron chi connectivity index (χ3n) is 5.26. The summed E-state index contributed by atoms with van der Waals surface area (Å²) in [5, 5.41) is 6.21. The zero-order valence-corrected chi connectivity index (χ0v) is 19.4. The highest BCUT2D eigenvalue weighted by molar-refractivity contribution is 6.36. The lowest BCUT2D eigenvalue weighted by Crippen LogP contribution is -2.26. The second kappa shape index (κ2) is 9.83. The lowest BCUT2D eigenvalue weighted by molar-refractivity contribution is -0.142. The van der Waals surface area contributed by atoms with Crippen molar-refractivity contribution in [3.05, 3.63) is 76.6 Å². The summed E-state index contributed by atoms with van der Waals surface area (Å²) in [5.74, 6) is 0.0285. The molecule has 0 fully saturated rings. The summed E-state index contributed by atoms with van der Waals surface area (Å²) in [6, 6.07) is 14.9. The molecule has 4 rings (SSSR count). The van der Waals surface area contributed by atoms with E-state index < -0.39 is 17.8 Å². The molecule has 0 radical (unpaired) electrons. The first-order chi connectivity index (χ1) is 16.7. The Hall–Kier alpha value is -3.79. The maximum absolute atomic E-state index is 13.9. The van der Waals surface area contributed by atoms with E-state index in [1.807, 2.05) is 30.3 Å². The maximum Gasteiger partial charge on any atom is 0.433 e. The standard InChI is InChI=1S/C24H20ClF3N4O3/c1-34-17-9-8-15(12-18(17)35-2)16-13-19(24(26,27)28)32-22(30-16)20(25)21(31-32)23(33)29-11-10-14-6-4-3-5-7-14/h3-9,12-13H,10-11H2,1-2H3,(H,29,33). The van der Waals surface area contributed by atoms with Gasteiger partial charge in [-0.25, -0.2) is 9.50 Å². The van der Waals surface area contributed by atoms with Crippen molar-refractivity contribution < 1.29 is 27.4 Å². The van der Waals surface area contributed by atoms with E-state index in [0.29, 0.717) is 28.0 Å². The molecule has 11 heteroatoms. The van der Waals surface area contributed by atoms with Crippen LogP contribution in [0.25, 0.3) is 16.9 Å². The van der Waals surface area contributed by atoms with Gasteiger partial charge < -0.3 is 14.8 Å². The number of carbonyl (C=O) groups excluding carboxylic acids is 1. The van der Waals surface area contributed by atoms with Gasteiger partial charge in [0.1, 0.15) is 5.02 Å². The van der Waals surface area contributed by atoms with Gasteiger partial charge in [0, 0.05) is 12.1 Å². The highest BCUT2D eigenvalue weighted by atomic mass is 35.5. The zero-order chi connectivity index (χ0) is 25.2. The van der Waals surface area contributed by atoms with Gasteiger partial charge in [-0.3, -0.25) is 4.79 Å². The SMILES string of the molecule is COc1ccc(-c2cc(C(F)(F)F)n3nc(C(=O)NCCc4ccccc4)c(Cl)c3n2)cc1OC. The molecule has 0 aliphatic heterocycles. The Morgan fingerprint density at radius 2 is 1.77 bits per heavy atom. The summed E-state index contributed by atoms with van der Waals surface area (Å²) in [6.45, 7) is 0.253. The van der Waals surface area contributed by atoms with Gasteiger partial charge in [-0.1, -0.05) is 41.9 Å². The summed E-state index contributed by atoms with van der Waals surface area (Å²) in [7, 11) is 2.86. The van der Waals surface area contributed by atoms with Gasteiger partial charge in [0.05, 0.1) is 19.9 Å². The van der Waals surface area contributed by atoms with Gasteiger partial charge in [0.25, 0.3) is 5.91 Å². The number of methoxy groups -OCH3 is 2. The summed E-state index contributed by atoms with van der Waals surface area (Å²) in [4.78, 5) is 17.0. The fourth-order valence-corrected chi connectivity index (χ4v) is 3.78. The fourth-order valence-electron chi connectivity index (χ4n) is 3.53. The van der Waals surface area contributed by atoms with Crippen molar-refractivity contribution in [3.63, 3.8) is 0 Å². The van der Waals surface area contributed by atoms with Crippen LogP contribution in [0.5, 0.6) is 11.5 Å². The number of hydrogen-bond donors (Lipinski definition) is 1. The number of aromatic nitrogens is 3. The zero-order valence-electron chi connectivity index (χ0n) is 18.7. The lowest BCUT2D eigenvalue weighted by atomic mass is 10.1. The van der Waals surface area contributed by atoms with Crippen LogP contribution < -0.4 is 14.8 Å². The van der Waals surface area contributed by atoms with Crippen molar-refractivity contribution in [1.82, 2.24) is 19.9 Å². The summed E-state index contributed by atoms with van der Waals surface area (Å²) >= 11 is 6.32. The number of nitrogens with zero attached hydrogens (tertiary/aromatic N) is 3. The van der Waals surface area contributed by atoms with Crippen LogP contribution in [0.4, 0.5) is 13.2 Å². The fraction of sp³-hybridized carbons (Fsp3) is 0.208. The van der Waals surface area contributed by atoms with Crippen LogP contribution in [0.15, 0.2) is 54.6 Å². The number of halogens is 4. The van der Waals surface area contributed by atoms with Gasteiger partial charge in [-0.15, -0.1) is 0 Å². The Bertz CT molecular complexity index is 1370. The van der Waals surface area contributed by atoms with E-state index in [2.05, 4.69) is 15.4 Å². The van der Waals surface area contributed by atoms with Gasteiger partial charge in [0.15, 0.2) is 28.5 Å². The molecule has 0 saturated carbocycles. The Morgan fingerprint density at radius 1 is 1.06 bits per heavy atom. The van der Waals surface area contributed by atoms with Crippen molar-refractivity contribution in [1.29, 1.82) is 0 Å². The Balaban J connectivity index is 1.72. The average Bonchev–Trinajstić information content (AvgIpc) is 3.19. The quantitative estimate of drug-likeness (QED) is 0.381. The second-order valence-corrected chi connectivity index (χ2v) is 7.86. The number of amides is 1. The van der Waals surface area contributed by atoms with Gasteiger partial charge in [-0.2, -0.15) is 18.3 Å². The molecule has 0 atom stereocenters. The van der Waals surface area contributed by atoms with Crippen molar-refractivity contribution in [3.8, 4) is 22.8 Å². The number of carbonyl (C=O) groups is 1. The lowest BCUT2D eigenvalue weighted by Gasteiger charge is -2.12. The first-order valence-corrected chi connectivity index (χ1v) is 10.8. The normalized spacial score (nSPS) is 11.5. The van der Waals surface area contributed by atoms with Crippen LogP contribution in [0.2, 0.25) is 5.02 Å². The number of rotatable bonds is 7. The van der Waals surface area contributed by atoms with E-state index in [9.17, 15) is 18.0 Å². The molecule has 7 nitrogen and oxygen atoms in total. The third kappa shape index (κ3) is 5.02. The molecule has 2 heterocycles. The number of fused-ring (bicyclic) bond motifs is 1. The molecule has 0 saturated heterocycles. The predicted molar refractivity (Wildman–Crippen MR) is 124 cm³/mol. The van der Waals surface area contributed by atoms with E-state index in [-0.39, 0.29) is 28.6 Å². The number of hydrogen-bond acceptors (Lipinski definition) is 5. The largest absolute Gasteiger partial charge is 0.493 e. The van der Waals surface area contributed by atoms with Crippen LogP contribution in [-0.4, -0.2) is 41.3 Å². The smallest absolute Gasteiger partial charge is 0.433 e. The summed E-state index contributed by atoms with van der Waals surface area (Å²) in [5.41, 5.74) is -0.459. The van der Waals surface area contributed by atoms with E-state index >= 15 is 0 Å². The average molecular weight is 505 g/mol. The first-order valence-electron chi connectivity index (χ1n) is 10.4. The van der Waals surface area contributed by atoms with Crippen LogP contribution >= 0.6 is 11.6 Å². The van der Waals surface area contributed by atoms with E-state index in [1.165, 1.54) is 20.3 Å². The highest BCUT2D eigenvalue weighted by Crippen LogP contribution is 2.37. The molecule has 2 aromatic carbocycles. The van der Waals surface area contributed by atoms with Crippen molar-refractivity contribution in [2.24, 2.45) is 0 Å². The minimum absolute atomic E-state index is 0.0244. The van der Waals surface area contributed by atoms with Crippen LogP contribution in [0.1, 0.15) is 21.7 Å². The van der Waals surface area contributed by atoms with Crippen molar-refractivity contribution in [2.45, 2.75) is 12.6 Å². The number of nitrogens with one attached hydrogen (secondary N) is 1. The minimum atomic E-state index is -4.79. The molecule has 182 valence electrons. The molecule has 4 aromatic rings. The predicted octanol–water partition coefficient (Wildman–Crippen LogP) is 5.06. The molecule has 0 aliphatic rings. The monoisotopic (exact) mass is 504 g/mol. The number of alkyl halides is 3. The first kappa shape index (κ1) is 24.3. The summed E-state index contributed by atoms with van der Waals surface area (Å²) in [6.07, 6.45) is -4.25. The Kier molecular flexibility index (Phi) is 6.83. The molecule has 0 spiro atoms. The van der Waals surface area contributed by atoms with Gasteiger partial charge in [0.2, 0.25) is 0 Å². The summed E-state index contributed by atoms with van der Waals surface area (Å²) < 4.78 is 52.8. The van der Waals surface area contributed by atoms with Gasteiger partial charge in [-0.05, 0) is 36.2 Å².